The van der Waals surface area contributed by atoms with Gasteiger partial charge in [0.2, 0.25) is 0 Å². The quantitative estimate of drug-likeness (QED) is 0.748. The summed E-state index contributed by atoms with van der Waals surface area (Å²) in [6.45, 7) is 6.98. The van der Waals surface area contributed by atoms with E-state index in [1.54, 1.807) is 20.8 Å². The highest BCUT2D eigenvalue weighted by molar-refractivity contribution is 4.95. The molecule has 2 N–H and O–H groups in total. The lowest BCUT2D eigenvalue weighted by molar-refractivity contribution is -0.181. The van der Waals surface area contributed by atoms with E-state index in [-0.39, 0.29) is 6.61 Å². The molecule has 1 aliphatic heterocycles. The fourth-order valence-electron chi connectivity index (χ4n) is 2.20. The lowest BCUT2D eigenvalue weighted by atomic mass is 9.89. The van der Waals surface area contributed by atoms with Crippen LogP contribution in [-0.2, 0) is 14.2 Å². The third-order valence-electron chi connectivity index (χ3n) is 3.28. The van der Waals surface area contributed by atoms with E-state index >= 15 is 0 Å². The maximum absolute atomic E-state index is 10.3. The molecule has 1 fully saturated rings. The summed E-state index contributed by atoms with van der Waals surface area (Å²) < 4.78 is 16.6. The molecular weight excluding hydrogens is 224 g/mol. The molecular formula is C12H24O5. The lowest BCUT2D eigenvalue weighted by Gasteiger charge is -2.35. The number of ether oxygens (including phenoxy) is 3. The van der Waals surface area contributed by atoms with Gasteiger partial charge in [-0.2, -0.15) is 0 Å². The molecule has 1 saturated heterocycles. The molecule has 0 radical (unpaired) electrons. The Labute approximate surface area is 103 Å². The second-order valence-corrected chi connectivity index (χ2v) is 5.19. The Balaban J connectivity index is 2.88. The van der Waals surface area contributed by atoms with E-state index in [1.165, 1.54) is 7.11 Å². The maximum atomic E-state index is 10.3. The molecule has 5 nitrogen and oxygen atoms in total. The Morgan fingerprint density at radius 2 is 2.00 bits per heavy atom. The van der Waals surface area contributed by atoms with Gasteiger partial charge in [-0.15, -0.1) is 0 Å². The zero-order valence-electron chi connectivity index (χ0n) is 11.3. The van der Waals surface area contributed by atoms with E-state index in [4.69, 9.17) is 14.2 Å². The van der Waals surface area contributed by atoms with Gasteiger partial charge in [0.15, 0.2) is 5.79 Å². The summed E-state index contributed by atoms with van der Waals surface area (Å²) >= 11 is 0. The van der Waals surface area contributed by atoms with Gasteiger partial charge in [0, 0.05) is 7.11 Å². The van der Waals surface area contributed by atoms with Crippen LogP contribution in [0, 0.1) is 0 Å². The Kier molecular flexibility index (Phi) is 4.54. The van der Waals surface area contributed by atoms with Crippen LogP contribution in [0.3, 0.4) is 0 Å². The largest absolute Gasteiger partial charge is 0.394 e. The van der Waals surface area contributed by atoms with Crippen LogP contribution in [0.25, 0.3) is 0 Å². The van der Waals surface area contributed by atoms with Crippen molar-refractivity contribution in [2.45, 2.75) is 63.8 Å². The predicted molar refractivity (Wildman–Crippen MR) is 62.6 cm³/mol. The van der Waals surface area contributed by atoms with Crippen LogP contribution in [0.15, 0.2) is 0 Å². The summed E-state index contributed by atoms with van der Waals surface area (Å²) in [6, 6.07) is 0. The van der Waals surface area contributed by atoms with Crippen molar-refractivity contribution in [3.8, 4) is 0 Å². The second-order valence-electron chi connectivity index (χ2n) is 5.19. The van der Waals surface area contributed by atoms with Gasteiger partial charge in [0.25, 0.3) is 0 Å². The monoisotopic (exact) mass is 248 g/mol. The molecule has 0 bridgehead atoms. The van der Waals surface area contributed by atoms with Crippen LogP contribution in [0.5, 0.6) is 0 Å². The first-order valence-corrected chi connectivity index (χ1v) is 5.99. The Morgan fingerprint density at radius 1 is 1.41 bits per heavy atom. The maximum Gasteiger partial charge on any atom is 0.164 e. The van der Waals surface area contributed by atoms with Gasteiger partial charge < -0.3 is 24.4 Å². The molecule has 1 rings (SSSR count). The first-order chi connectivity index (χ1) is 7.77. The molecule has 0 amide bonds. The van der Waals surface area contributed by atoms with Crippen LogP contribution in [0.4, 0.5) is 0 Å². The van der Waals surface area contributed by atoms with E-state index in [0.717, 1.165) is 0 Å². The Morgan fingerprint density at radius 3 is 2.41 bits per heavy atom. The van der Waals surface area contributed by atoms with E-state index in [2.05, 4.69) is 0 Å². The molecule has 102 valence electrons. The third-order valence-corrected chi connectivity index (χ3v) is 3.28. The molecule has 0 aromatic heterocycles. The van der Waals surface area contributed by atoms with E-state index in [0.29, 0.717) is 6.42 Å². The van der Waals surface area contributed by atoms with Crippen molar-refractivity contribution in [3.63, 3.8) is 0 Å². The van der Waals surface area contributed by atoms with Crippen molar-refractivity contribution in [2.24, 2.45) is 0 Å². The van der Waals surface area contributed by atoms with Gasteiger partial charge in [0.05, 0.1) is 12.2 Å². The first-order valence-electron chi connectivity index (χ1n) is 5.99. The molecule has 17 heavy (non-hydrogen) atoms. The van der Waals surface area contributed by atoms with Crippen molar-refractivity contribution < 1.29 is 24.4 Å². The summed E-state index contributed by atoms with van der Waals surface area (Å²) in [7, 11) is 1.53. The molecule has 1 aliphatic rings. The van der Waals surface area contributed by atoms with Gasteiger partial charge >= 0.3 is 0 Å². The molecule has 0 aromatic carbocycles. The normalized spacial score (nSPS) is 33.4. The van der Waals surface area contributed by atoms with Gasteiger partial charge in [0.1, 0.15) is 18.3 Å². The van der Waals surface area contributed by atoms with Crippen molar-refractivity contribution >= 4 is 0 Å². The lowest BCUT2D eigenvalue weighted by Crippen LogP contribution is -2.52. The zero-order valence-corrected chi connectivity index (χ0v) is 11.3. The Hall–Kier alpha value is -0.200. The minimum atomic E-state index is -1.02. The summed E-state index contributed by atoms with van der Waals surface area (Å²) in [4.78, 5) is 0. The summed E-state index contributed by atoms with van der Waals surface area (Å²) in [6.07, 6.45) is -0.960. The molecule has 0 aromatic rings. The van der Waals surface area contributed by atoms with Crippen LogP contribution >= 0.6 is 0 Å². The molecule has 4 unspecified atom stereocenters. The fraction of sp³-hybridized carbons (Fsp3) is 1.00. The van der Waals surface area contributed by atoms with Crippen LogP contribution < -0.4 is 0 Å². The third kappa shape index (κ3) is 3.17. The fourth-order valence-corrected chi connectivity index (χ4v) is 2.20. The smallest absolute Gasteiger partial charge is 0.164 e. The van der Waals surface area contributed by atoms with Crippen molar-refractivity contribution in [1.29, 1.82) is 0 Å². The van der Waals surface area contributed by atoms with Gasteiger partial charge in [-0.25, -0.2) is 0 Å². The first kappa shape index (κ1) is 14.9. The molecule has 0 saturated carbocycles. The summed E-state index contributed by atoms with van der Waals surface area (Å²) in [5.41, 5.74) is -1.02. The molecule has 5 heteroatoms. The number of rotatable bonds is 5. The molecule has 1 heterocycles. The highest BCUT2D eigenvalue weighted by Gasteiger charge is 2.50. The van der Waals surface area contributed by atoms with Gasteiger partial charge in [-0.05, 0) is 27.2 Å². The van der Waals surface area contributed by atoms with Crippen molar-refractivity contribution in [1.82, 2.24) is 0 Å². The van der Waals surface area contributed by atoms with Crippen molar-refractivity contribution in [2.75, 3.05) is 13.7 Å². The highest BCUT2D eigenvalue weighted by atomic mass is 16.8. The number of methoxy groups -OCH3 is 1. The SMILES string of the molecule is CCC(C)(O)C(OC)C1OC(C)(C)OC1CO. The standard InChI is InChI=1S/C12H24O5/c1-6-12(4,14)10(15-5)9-8(7-13)16-11(2,3)17-9/h8-10,13-14H,6-7H2,1-5H3. The minimum absolute atomic E-state index is 0.159. The summed E-state index contributed by atoms with van der Waals surface area (Å²) in [5.74, 6) is -0.765. The average Bonchev–Trinajstić information content (AvgIpc) is 2.54. The molecule has 4 atom stereocenters. The number of hydrogen-bond acceptors (Lipinski definition) is 5. The minimum Gasteiger partial charge on any atom is -0.394 e. The predicted octanol–water partition coefficient (Wildman–Crippen LogP) is 0.675. The number of aliphatic hydroxyl groups is 2. The molecule has 0 aliphatic carbocycles. The topological polar surface area (TPSA) is 68.2 Å². The van der Waals surface area contributed by atoms with E-state index in [1.807, 2.05) is 6.92 Å². The van der Waals surface area contributed by atoms with Crippen LogP contribution in [0.2, 0.25) is 0 Å². The van der Waals surface area contributed by atoms with Crippen LogP contribution in [0.1, 0.15) is 34.1 Å². The van der Waals surface area contributed by atoms with E-state index < -0.39 is 29.7 Å². The second kappa shape index (κ2) is 5.20. The Bertz CT molecular complexity index is 251. The van der Waals surface area contributed by atoms with Crippen LogP contribution in [-0.4, -0.2) is 53.6 Å². The summed E-state index contributed by atoms with van der Waals surface area (Å²) in [5, 5.41) is 19.6. The number of hydrogen-bond donors (Lipinski definition) is 2. The number of aliphatic hydroxyl groups excluding tert-OH is 1. The highest BCUT2D eigenvalue weighted by Crippen LogP contribution is 2.34. The van der Waals surface area contributed by atoms with Gasteiger partial charge in [-0.1, -0.05) is 6.92 Å². The molecule has 0 spiro atoms. The van der Waals surface area contributed by atoms with Crippen molar-refractivity contribution in [3.05, 3.63) is 0 Å². The zero-order chi connectivity index (χ0) is 13.3. The average molecular weight is 248 g/mol. The van der Waals surface area contributed by atoms with E-state index in [9.17, 15) is 10.2 Å². The van der Waals surface area contributed by atoms with Gasteiger partial charge in [-0.3, -0.25) is 0 Å².